The minimum Gasteiger partial charge on any atom is -0.347 e. The third-order valence-electron chi connectivity index (χ3n) is 1.83. The molecule has 0 aliphatic heterocycles. The molecular formula is C7H7N3O2. The average Bonchev–Trinajstić information content (AvgIpc) is 2.48. The fourth-order valence-electron chi connectivity index (χ4n) is 1.17. The van der Waals surface area contributed by atoms with Crippen molar-refractivity contribution in [3.8, 4) is 0 Å². The molecular weight excluding hydrogens is 158 g/mol. The van der Waals surface area contributed by atoms with Gasteiger partial charge in [0.05, 0.1) is 5.39 Å². The summed E-state index contributed by atoms with van der Waals surface area (Å²) in [6.45, 7) is 0. The normalized spacial score (nSPS) is 10.8. The average molecular weight is 165 g/mol. The van der Waals surface area contributed by atoms with Gasteiger partial charge in [0.25, 0.3) is 5.56 Å². The summed E-state index contributed by atoms with van der Waals surface area (Å²) >= 11 is 0. The number of hydrogen-bond acceptors (Lipinski definition) is 2. The molecule has 0 unspecified atom stereocenters. The topological polar surface area (TPSA) is 70.7 Å². The smallest absolute Gasteiger partial charge is 0.329 e. The third kappa shape index (κ3) is 0.730. The summed E-state index contributed by atoms with van der Waals surface area (Å²) in [5.74, 6) is 0. The first-order valence-electron chi connectivity index (χ1n) is 3.46. The Morgan fingerprint density at radius 1 is 1.42 bits per heavy atom. The number of aromatic nitrogens is 3. The highest BCUT2D eigenvalue weighted by atomic mass is 16.2. The molecule has 0 aliphatic carbocycles. The Kier molecular flexibility index (Phi) is 1.21. The molecule has 0 saturated heterocycles. The Morgan fingerprint density at radius 2 is 2.17 bits per heavy atom. The van der Waals surface area contributed by atoms with E-state index < -0.39 is 5.69 Å². The maximum absolute atomic E-state index is 11.1. The van der Waals surface area contributed by atoms with Crippen molar-refractivity contribution in [1.82, 2.24) is 14.5 Å². The number of H-pyrrole nitrogens is 2. The van der Waals surface area contributed by atoms with Crippen molar-refractivity contribution in [3.63, 3.8) is 0 Å². The first kappa shape index (κ1) is 6.90. The van der Waals surface area contributed by atoms with Crippen molar-refractivity contribution in [1.29, 1.82) is 0 Å². The van der Waals surface area contributed by atoms with E-state index in [1.807, 2.05) is 0 Å². The van der Waals surface area contributed by atoms with Gasteiger partial charge in [-0.2, -0.15) is 0 Å². The molecule has 2 aromatic heterocycles. The van der Waals surface area contributed by atoms with Gasteiger partial charge in [-0.05, 0) is 6.07 Å². The summed E-state index contributed by atoms with van der Waals surface area (Å²) in [5, 5.41) is 0.497. The molecule has 0 radical (unpaired) electrons. The van der Waals surface area contributed by atoms with Crippen LogP contribution in [0.25, 0.3) is 11.0 Å². The molecule has 0 aromatic carbocycles. The molecule has 2 N–H and O–H groups in total. The Hall–Kier alpha value is -1.78. The second-order valence-electron chi connectivity index (χ2n) is 2.56. The number of rotatable bonds is 0. The molecule has 0 amide bonds. The molecule has 2 rings (SSSR count). The van der Waals surface area contributed by atoms with Crippen molar-refractivity contribution in [3.05, 3.63) is 33.1 Å². The molecule has 0 aliphatic rings. The van der Waals surface area contributed by atoms with Crippen LogP contribution in [-0.4, -0.2) is 14.5 Å². The van der Waals surface area contributed by atoms with Crippen molar-refractivity contribution in [2.45, 2.75) is 0 Å². The first-order valence-corrected chi connectivity index (χ1v) is 3.46. The van der Waals surface area contributed by atoms with E-state index in [2.05, 4.69) is 9.97 Å². The highest BCUT2D eigenvalue weighted by Crippen LogP contribution is 2.00. The Bertz CT molecular complexity index is 531. The van der Waals surface area contributed by atoms with E-state index >= 15 is 0 Å². The first-order chi connectivity index (χ1) is 5.70. The number of hydrogen-bond donors (Lipinski definition) is 2. The van der Waals surface area contributed by atoms with Gasteiger partial charge in [-0.25, -0.2) is 4.79 Å². The molecule has 0 bridgehead atoms. The van der Waals surface area contributed by atoms with Gasteiger partial charge in [0.1, 0.15) is 5.65 Å². The van der Waals surface area contributed by atoms with E-state index in [9.17, 15) is 9.59 Å². The lowest BCUT2D eigenvalue weighted by atomic mass is 10.4. The van der Waals surface area contributed by atoms with Crippen molar-refractivity contribution >= 4 is 11.0 Å². The highest BCUT2D eigenvalue weighted by molar-refractivity contribution is 5.74. The zero-order chi connectivity index (χ0) is 8.72. The second-order valence-corrected chi connectivity index (χ2v) is 2.56. The predicted octanol–water partition coefficient (Wildman–Crippen LogP) is -0.445. The largest absolute Gasteiger partial charge is 0.347 e. The Morgan fingerprint density at radius 3 is 2.92 bits per heavy atom. The van der Waals surface area contributed by atoms with Gasteiger partial charge >= 0.3 is 5.69 Å². The quantitative estimate of drug-likeness (QED) is 0.555. The summed E-state index contributed by atoms with van der Waals surface area (Å²) in [4.78, 5) is 27.2. The van der Waals surface area contributed by atoms with Crippen LogP contribution in [0.1, 0.15) is 0 Å². The summed E-state index contributed by atoms with van der Waals surface area (Å²) < 4.78 is 1.36. The van der Waals surface area contributed by atoms with E-state index in [1.165, 1.54) is 4.57 Å². The van der Waals surface area contributed by atoms with E-state index in [4.69, 9.17) is 0 Å². The zero-order valence-corrected chi connectivity index (χ0v) is 6.42. The van der Waals surface area contributed by atoms with Crippen LogP contribution in [-0.2, 0) is 7.05 Å². The van der Waals surface area contributed by atoms with Crippen LogP contribution in [0.4, 0.5) is 0 Å². The van der Waals surface area contributed by atoms with E-state index in [-0.39, 0.29) is 5.56 Å². The third-order valence-corrected chi connectivity index (χ3v) is 1.83. The van der Waals surface area contributed by atoms with Gasteiger partial charge < -0.3 is 4.98 Å². The van der Waals surface area contributed by atoms with Crippen molar-refractivity contribution in [2.24, 2.45) is 7.05 Å². The Balaban J connectivity index is 3.18. The fraction of sp³-hybridized carbons (Fsp3) is 0.143. The van der Waals surface area contributed by atoms with E-state index in [0.29, 0.717) is 11.0 Å². The molecule has 5 nitrogen and oxygen atoms in total. The zero-order valence-electron chi connectivity index (χ0n) is 6.42. The van der Waals surface area contributed by atoms with Crippen LogP contribution in [0.5, 0.6) is 0 Å². The maximum Gasteiger partial charge on any atom is 0.329 e. The van der Waals surface area contributed by atoms with E-state index in [0.717, 1.165) is 0 Å². The van der Waals surface area contributed by atoms with Gasteiger partial charge in [-0.1, -0.05) is 0 Å². The minimum absolute atomic E-state index is 0.352. The molecule has 2 heterocycles. The number of aromatic amines is 2. The standard InChI is InChI=1S/C7H7N3O2/c1-10-5-4(2-3-8-5)6(11)9-7(10)12/h2-3,8H,1H3,(H,9,11,12). The molecule has 0 spiro atoms. The lowest BCUT2D eigenvalue weighted by Gasteiger charge is -1.96. The predicted molar refractivity (Wildman–Crippen MR) is 44.2 cm³/mol. The summed E-state index contributed by atoms with van der Waals surface area (Å²) in [6.07, 6.45) is 1.62. The van der Waals surface area contributed by atoms with Gasteiger partial charge in [0.15, 0.2) is 0 Å². The van der Waals surface area contributed by atoms with Crippen molar-refractivity contribution < 1.29 is 0 Å². The van der Waals surface area contributed by atoms with Crippen LogP contribution >= 0.6 is 0 Å². The minimum atomic E-state index is -0.407. The lowest BCUT2D eigenvalue weighted by molar-refractivity contribution is 0.833. The monoisotopic (exact) mass is 165 g/mol. The van der Waals surface area contributed by atoms with Gasteiger partial charge in [-0.15, -0.1) is 0 Å². The Labute approximate surface area is 66.7 Å². The van der Waals surface area contributed by atoms with Crippen LogP contribution in [0.3, 0.4) is 0 Å². The molecule has 0 atom stereocenters. The summed E-state index contributed by atoms with van der Waals surface area (Å²) in [7, 11) is 1.59. The number of fused-ring (bicyclic) bond motifs is 1. The molecule has 2 aromatic rings. The molecule has 12 heavy (non-hydrogen) atoms. The summed E-state index contributed by atoms with van der Waals surface area (Å²) in [5.41, 5.74) is -0.215. The van der Waals surface area contributed by atoms with Crippen LogP contribution in [0, 0.1) is 0 Å². The van der Waals surface area contributed by atoms with Crippen LogP contribution < -0.4 is 11.2 Å². The molecule has 62 valence electrons. The van der Waals surface area contributed by atoms with Gasteiger partial charge in [-0.3, -0.25) is 14.3 Å². The van der Waals surface area contributed by atoms with Crippen LogP contribution in [0.2, 0.25) is 0 Å². The highest BCUT2D eigenvalue weighted by Gasteiger charge is 2.03. The van der Waals surface area contributed by atoms with E-state index in [1.54, 1.807) is 19.3 Å². The lowest BCUT2D eigenvalue weighted by Crippen LogP contribution is -2.27. The second kappa shape index (κ2) is 2.10. The number of nitrogens with zero attached hydrogens (tertiary/aromatic N) is 1. The van der Waals surface area contributed by atoms with Crippen LogP contribution in [0.15, 0.2) is 21.9 Å². The SMILES string of the molecule is Cn1c(=O)[nH]c(=O)c2cc[nH]c21. The number of nitrogens with one attached hydrogen (secondary N) is 2. The molecule has 0 saturated carbocycles. The summed E-state index contributed by atoms with van der Waals surface area (Å²) in [6, 6.07) is 1.63. The molecule has 0 fully saturated rings. The fourth-order valence-corrected chi connectivity index (χ4v) is 1.17. The van der Waals surface area contributed by atoms with Gasteiger partial charge in [0, 0.05) is 13.2 Å². The van der Waals surface area contributed by atoms with Gasteiger partial charge in [0.2, 0.25) is 0 Å². The molecule has 5 heteroatoms. The van der Waals surface area contributed by atoms with Crippen molar-refractivity contribution in [2.75, 3.05) is 0 Å². The number of aryl methyl sites for hydroxylation is 1. The maximum atomic E-state index is 11.1.